The normalized spacial score (nSPS) is 18.2. The molecule has 8 nitrogen and oxygen atoms in total. The van der Waals surface area contributed by atoms with Gasteiger partial charge in [-0.25, -0.2) is 9.59 Å². The number of nitrogens with one attached hydrogen (secondary N) is 2. The second-order valence-corrected chi connectivity index (χ2v) is 5.85. The van der Waals surface area contributed by atoms with Crippen LogP contribution in [0, 0.1) is 5.92 Å². The minimum absolute atomic E-state index is 0.254. The summed E-state index contributed by atoms with van der Waals surface area (Å²) in [5.74, 6) is -1.51. The molecule has 0 aliphatic carbocycles. The number of nitrogens with zero attached hydrogens (tertiary/aromatic N) is 1. The van der Waals surface area contributed by atoms with Crippen LogP contribution >= 0.6 is 0 Å². The summed E-state index contributed by atoms with van der Waals surface area (Å²) in [6.45, 7) is 0.274. The molecule has 0 saturated carbocycles. The minimum Gasteiger partial charge on any atom is -0.467 e. The predicted molar refractivity (Wildman–Crippen MR) is 90.8 cm³/mol. The molecule has 8 heteroatoms. The molecule has 136 valence electrons. The van der Waals surface area contributed by atoms with Crippen LogP contribution < -0.4 is 10.6 Å². The number of para-hydroxylation sites is 1. The second kappa shape index (κ2) is 9.03. The number of rotatable bonds is 5. The van der Waals surface area contributed by atoms with Crippen molar-refractivity contribution in [3.63, 3.8) is 0 Å². The first-order valence-electron chi connectivity index (χ1n) is 8.15. The van der Waals surface area contributed by atoms with Gasteiger partial charge in [-0.3, -0.25) is 4.79 Å². The van der Waals surface area contributed by atoms with Crippen LogP contribution in [0.5, 0.6) is 0 Å². The number of likely N-dealkylation sites (tertiary alicyclic amines) is 1. The molecule has 1 fully saturated rings. The summed E-state index contributed by atoms with van der Waals surface area (Å²) in [6.07, 6.45) is 1.29. The number of aliphatic hydroxyl groups is 1. The van der Waals surface area contributed by atoms with E-state index in [4.69, 9.17) is 0 Å². The van der Waals surface area contributed by atoms with Crippen molar-refractivity contribution in [2.24, 2.45) is 5.92 Å². The Morgan fingerprint density at radius 3 is 2.68 bits per heavy atom. The smallest absolute Gasteiger partial charge is 0.330 e. The number of urea groups is 1. The van der Waals surface area contributed by atoms with Gasteiger partial charge in [0.25, 0.3) is 0 Å². The van der Waals surface area contributed by atoms with Crippen molar-refractivity contribution < 1.29 is 24.2 Å². The quantitative estimate of drug-likeness (QED) is 0.674. The summed E-state index contributed by atoms with van der Waals surface area (Å²) in [5.41, 5.74) is 0.685. The molecule has 2 atom stereocenters. The van der Waals surface area contributed by atoms with Gasteiger partial charge in [0, 0.05) is 18.8 Å². The molecule has 0 unspecified atom stereocenters. The molecule has 25 heavy (non-hydrogen) atoms. The maximum Gasteiger partial charge on any atom is 0.330 e. The first-order valence-corrected chi connectivity index (χ1v) is 8.15. The highest BCUT2D eigenvalue weighted by Crippen LogP contribution is 2.18. The van der Waals surface area contributed by atoms with Gasteiger partial charge in [0.15, 0.2) is 6.04 Å². The zero-order valence-corrected chi connectivity index (χ0v) is 14.1. The van der Waals surface area contributed by atoms with Gasteiger partial charge in [-0.2, -0.15) is 0 Å². The summed E-state index contributed by atoms with van der Waals surface area (Å²) in [4.78, 5) is 37.7. The van der Waals surface area contributed by atoms with Crippen LogP contribution in [0.3, 0.4) is 0 Å². The molecule has 1 aliphatic rings. The number of methoxy groups -OCH3 is 1. The number of carbonyl (C=O) groups is 3. The van der Waals surface area contributed by atoms with Crippen molar-refractivity contribution in [1.29, 1.82) is 0 Å². The molecule has 2 rings (SSSR count). The Hall–Kier alpha value is -2.61. The zero-order valence-electron chi connectivity index (χ0n) is 14.1. The van der Waals surface area contributed by atoms with Gasteiger partial charge in [-0.15, -0.1) is 0 Å². The fourth-order valence-corrected chi connectivity index (χ4v) is 2.71. The monoisotopic (exact) mass is 349 g/mol. The van der Waals surface area contributed by atoms with Gasteiger partial charge >= 0.3 is 12.0 Å². The molecular formula is C17H23N3O5. The second-order valence-electron chi connectivity index (χ2n) is 5.85. The van der Waals surface area contributed by atoms with Gasteiger partial charge in [-0.1, -0.05) is 18.2 Å². The van der Waals surface area contributed by atoms with Gasteiger partial charge in [0.1, 0.15) is 0 Å². The lowest BCUT2D eigenvalue weighted by molar-refractivity contribution is -0.147. The zero-order chi connectivity index (χ0) is 18.2. The third-order valence-corrected chi connectivity index (χ3v) is 4.09. The average molecular weight is 349 g/mol. The van der Waals surface area contributed by atoms with Crippen LogP contribution in [-0.2, 0) is 14.3 Å². The van der Waals surface area contributed by atoms with Crippen LogP contribution in [0.25, 0.3) is 0 Å². The van der Waals surface area contributed by atoms with E-state index in [9.17, 15) is 19.5 Å². The fraction of sp³-hybridized carbons (Fsp3) is 0.471. The number of hydrogen-bond donors (Lipinski definition) is 3. The van der Waals surface area contributed by atoms with E-state index in [1.165, 1.54) is 7.11 Å². The van der Waals surface area contributed by atoms with E-state index in [2.05, 4.69) is 15.4 Å². The van der Waals surface area contributed by atoms with Crippen molar-refractivity contribution in [2.75, 3.05) is 32.1 Å². The lowest BCUT2D eigenvalue weighted by Crippen LogP contribution is -2.51. The van der Waals surface area contributed by atoms with Crippen LogP contribution in [0.1, 0.15) is 12.8 Å². The largest absolute Gasteiger partial charge is 0.467 e. The number of anilines is 1. The minimum atomic E-state index is -1.09. The molecule has 1 heterocycles. The Bertz CT molecular complexity index is 608. The predicted octanol–water partition coefficient (Wildman–Crippen LogP) is 0.581. The third kappa shape index (κ3) is 5.18. The topological polar surface area (TPSA) is 108 Å². The SMILES string of the molecule is COC(=O)[C@@H](CO)NC(=O)[C@H]1CCCN(C(=O)Nc2ccccc2)C1. The van der Waals surface area contributed by atoms with Crippen LogP contribution in [0.4, 0.5) is 10.5 Å². The van der Waals surface area contributed by atoms with Gasteiger partial charge < -0.3 is 25.4 Å². The highest BCUT2D eigenvalue weighted by Gasteiger charge is 2.31. The Morgan fingerprint density at radius 1 is 1.32 bits per heavy atom. The summed E-state index contributed by atoms with van der Waals surface area (Å²) in [6, 6.07) is 7.72. The van der Waals surface area contributed by atoms with Crippen LogP contribution in [-0.4, -0.2) is 60.8 Å². The molecule has 0 aromatic heterocycles. The van der Waals surface area contributed by atoms with E-state index < -0.39 is 24.5 Å². The number of ether oxygens (including phenoxy) is 1. The van der Waals surface area contributed by atoms with Gasteiger partial charge in [0.2, 0.25) is 5.91 Å². The highest BCUT2D eigenvalue weighted by molar-refractivity contribution is 5.90. The number of hydrogen-bond acceptors (Lipinski definition) is 5. The van der Waals surface area contributed by atoms with Crippen LogP contribution in [0.15, 0.2) is 30.3 Å². The van der Waals surface area contributed by atoms with E-state index in [1.807, 2.05) is 18.2 Å². The molecule has 3 N–H and O–H groups in total. The number of aliphatic hydroxyl groups excluding tert-OH is 1. The Kier molecular flexibility index (Phi) is 6.76. The third-order valence-electron chi connectivity index (χ3n) is 4.09. The van der Waals surface area contributed by atoms with Gasteiger partial charge in [-0.05, 0) is 25.0 Å². The van der Waals surface area contributed by atoms with Crippen molar-refractivity contribution in [1.82, 2.24) is 10.2 Å². The highest BCUT2D eigenvalue weighted by atomic mass is 16.5. The number of esters is 1. The molecule has 3 amide bonds. The first kappa shape index (κ1) is 18.7. The number of amides is 3. The number of benzene rings is 1. The van der Waals surface area contributed by atoms with Crippen molar-refractivity contribution in [3.8, 4) is 0 Å². The summed E-state index contributed by atoms with van der Waals surface area (Å²) in [7, 11) is 1.19. The lowest BCUT2D eigenvalue weighted by Gasteiger charge is -2.32. The summed E-state index contributed by atoms with van der Waals surface area (Å²) < 4.78 is 4.53. The molecule has 1 saturated heterocycles. The van der Waals surface area contributed by atoms with E-state index in [-0.39, 0.29) is 18.5 Å². The maximum absolute atomic E-state index is 12.3. The number of piperidine rings is 1. The number of carbonyl (C=O) groups excluding carboxylic acids is 3. The Labute approximate surface area is 146 Å². The summed E-state index contributed by atoms with van der Waals surface area (Å²) in [5, 5.41) is 14.5. The fourth-order valence-electron chi connectivity index (χ4n) is 2.71. The molecule has 1 aromatic rings. The van der Waals surface area contributed by atoms with E-state index in [1.54, 1.807) is 17.0 Å². The summed E-state index contributed by atoms with van der Waals surface area (Å²) >= 11 is 0. The molecule has 0 radical (unpaired) electrons. The standard InChI is InChI=1S/C17H23N3O5/c1-25-16(23)14(11-21)19-15(22)12-6-5-9-20(10-12)17(24)18-13-7-3-2-4-8-13/h2-4,7-8,12,14,21H,5-6,9-11H2,1H3,(H,18,24)(H,19,22)/t12-,14+/m0/s1. The molecule has 0 spiro atoms. The van der Waals surface area contributed by atoms with Crippen molar-refractivity contribution >= 4 is 23.6 Å². The maximum atomic E-state index is 12.3. The lowest BCUT2D eigenvalue weighted by atomic mass is 9.97. The molecular weight excluding hydrogens is 326 g/mol. The van der Waals surface area contributed by atoms with Crippen molar-refractivity contribution in [2.45, 2.75) is 18.9 Å². The first-order chi connectivity index (χ1) is 12.0. The van der Waals surface area contributed by atoms with Gasteiger partial charge in [0.05, 0.1) is 19.6 Å². The Morgan fingerprint density at radius 2 is 2.04 bits per heavy atom. The van der Waals surface area contributed by atoms with E-state index >= 15 is 0 Å². The molecule has 1 aliphatic heterocycles. The van der Waals surface area contributed by atoms with E-state index in [0.29, 0.717) is 25.1 Å². The average Bonchev–Trinajstić information content (AvgIpc) is 2.66. The van der Waals surface area contributed by atoms with Crippen LogP contribution in [0.2, 0.25) is 0 Å². The Balaban J connectivity index is 1.92. The van der Waals surface area contributed by atoms with E-state index in [0.717, 1.165) is 0 Å². The molecule has 1 aromatic carbocycles. The molecule has 0 bridgehead atoms. The van der Waals surface area contributed by atoms with Crippen molar-refractivity contribution in [3.05, 3.63) is 30.3 Å².